The number of pyridine rings is 2. The first-order chi connectivity index (χ1) is 11.9. The van der Waals surface area contributed by atoms with Crippen molar-refractivity contribution in [1.29, 1.82) is 0 Å². The van der Waals surface area contributed by atoms with Gasteiger partial charge in [0.2, 0.25) is 5.91 Å². The number of hydrogen-bond donors (Lipinski definition) is 2. The smallest absolute Gasteiger partial charge is 0.351 e. The molecule has 0 aromatic carbocycles. The summed E-state index contributed by atoms with van der Waals surface area (Å²) in [7, 11) is 0. The minimum absolute atomic E-state index is 0.0564. The second-order valence-electron chi connectivity index (χ2n) is 5.88. The molecule has 0 spiro atoms. The van der Waals surface area contributed by atoms with E-state index in [-0.39, 0.29) is 11.9 Å². The van der Waals surface area contributed by atoms with Gasteiger partial charge in [0.05, 0.1) is 6.04 Å². The summed E-state index contributed by atoms with van der Waals surface area (Å²) in [6.45, 7) is 1.15. The molecule has 5 nitrogen and oxygen atoms in total. The van der Waals surface area contributed by atoms with Crippen molar-refractivity contribution in [2.24, 2.45) is 0 Å². The molecule has 2 N–H and O–H groups in total. The largest absolute Gasteiger partial charge is 0.433 e. The number of carbonyl (C=O) groups is 1. The molecule has 8 heteroatoms. The Morgan fingerprint density at radius 1 is 1.24 bits per heavy atom. The summed E-state index contributed by atoms with van der Waals surface area (Å²) in [5.74, 6) is -0.0564. The van der Waals surface area contributed by atoms with Crippen molar-refractivity contribution >= 4 is 5.91 Å². The van der Waals surface area contributed by atoms with Gasteiger partial charge in [-0.15, -0.1) is 0 Å². The van der Waals surface area contributed by atoms with E-state index in [2.05, 4.69) is 20.6 Å². The fraction of sp³-hybridized carbons (Fsp3) is 0.353. The Kier molecular flexibility index (Phi) is 4.98. The van der Waals surface area contributed by atoms with Crippen LogP contribution in [0.25, 0.3) is 11.1 Å². The van der Waals surface area contributed by atoms with Gasteiger partial charge in [0, 0.05) is 36.3 Å². The van der Waals surface area contributed by atoms with Crippen molar-refractivity contribution in [2.75, 3.05) is 6.54 Å². The van der Waals surface area contributed by atoms with Gasteiger partial charge in [0.25, 0.3) is 0 Å². The van der Waals surface area contributed by atoms with Crippen LogP contribution in [-0.2, 0) is 17.5 Å². The lowest BCUT2D eigenvalue weighted by atomic mass is 10.1. The number of nitrogens with zero attached hydrogens (tertiary/aromatic N) is 2. The van der Waals surface area contributed by atoms with E-state index in [1.807, 2.05) is 0 Å². The van der Waals surface area contributed by atoms with Gasteiger partial charge in [0.1, 0.15) is 5.69 Å². The summed E-state index contributed by atoms with van der Waals surface area (Å²) in [4.78, 5) is 19.5. The maximum absolute atomic E-state index is 12.6. The third-order valence-corrected chi connectivity index (χ3v) is 4.03. The van der Waals surface area contributed by atoms with E-state index in [9.17, 15) is 18.0 Å². The fourth-order valence-corrected chi connectivity index (χ4v) is 2.70. The van der Waals surface area contributed by atoms with Crippen LogP contribution in [0.5, 0.6) is 0 Å². The highest BCUT2D eigenvalue weighted by Crippen LogP contribution is 2.28. The Labute approximate surface area is 142 Å². The van der Waals surface area contributed by atoms with E-state index in [1.54, 1.807) is 18.5 Å². The number of rotatable bonds is 4. The van der Waals surface area contributed by atoms with Crippen LogP contribution in [0.2, 0.25) is 0 Å². The van der Waals surface area contributed by atoms with E-state index in [0.29, 0.717) is 17.7 Å². The normalized spacial score (nSPS) is 17.5. The number of halogens is 3. The third kappa shape index (κ3) is 4.33. The molecule has 2 aromatic rings. The molecule has 1 saturated heterocycles. The van der Waals surface area contributed by atoms with Gasteiger partial charge in [-0.25, -0.2) is 0 Å². The lowest BCUT2D eigenvalue weighted by Crippen LogP contribution is -2.40. The maximum atomic E-state index is 12.6. The predicted octanol–water partition coefficient (Wildman–Crippen LogP) is 2.53. The Hall–Kier alpha value is -2.48. The molecule has 132 valence electrons. The minimum atomic E-state index is -4.46. The zero-order chi connectivity index (χ0) is 17.9. The number of alkyl halides is 3. The molecule has 1 atom stereocenters. The molecular weight excluding hydrogens is 333 g/mol. The number of nitrogens with one attached hydrogen (secondary N) is 2. The SMILES string of the molecule is O=C(NCc1cncc(-c2ccc(C(F)(F)F)nc2)c1)C1CCCN1. The lowest BCUT2D eigenvalue weighted by Gasteiger charge is -2.11. The van der Waals surface area contributed by atoms with Crippen LogP contribution in [0, 0.1) is 0 Å². The van der Waals surface area contributed by atoms with Crippen LogP contribution >= 0.6 is 0 Å². The first-order valence-corrected chi connectivity index (χ1v) is 7.92. The van der Waals surface area contributed by atoms with Crippen molar-refractivity contribution in [3.63, 3.8) is 0 Å². The fourth-order valence-electron chi connectivity index (χ4n) is 2.70. The van der Waals surface area contributed by atoms with Gasteiger partial charge in [-0.1, -0.05) is 6.07 Å². The van der Waals surface area contributed by atoms with Gasteiger partial charge < -0.3 is 10.6 Å². The highest BCUT2D eigenvalue weighted by Gasteiger charge is 2.32. The van der Waals surface area contributed by atoms with E-state index >= 15 is 0 Å². The second kappa shape index (κ2) is 7.18. The molecule has 1 aliphatic heterocycles. The number of hydrogen-bond acceptors (Lipinski definition) is 4. The molecule has 3 heterocycles. The maximum Gasteiger partial charge on any atom is 0.433 e. The van der Waals surface area contributed by atoms with E-state index in [1.165, 1.54) is 12.3 Å². The van der Waals surface area contributed by atoms with Crippen molar-refractivity contribution in [3.05, 3.63) is 48.0 Å². The summed E-state index contributed by atoms with van der Waals surface area (Å²) >= 11 is 0. The molecule has 2 aromatic heterocycles. The third-order valence-electron chi connectivity index (χ3n) is 4.03. The predicted molar refractivity (Wildman–Crippen MR) is 85.3 cm³/mol. The standard InChI is InChI=1S/C17H17F3N4O/c18-17(19,20)15-4-3-12(10-23-15)13-6-11(7-21-9-13)8-24-16(25)14-2-1-5-22-14/h3-4,6-7,9-10,14,22H,1-2,5,8H2,(H,24,25). The monoisotopic (exact) mass is 350 g/mol. The van der Waals surface area contributed by atoms with Crippen molar-refractivity contribution in [2.45, 2.75) is 31.6 Å². The molecule has 0 bridgehead atoms. The summed E-state index contributed by atoms with van der Waals surface area (Å²) in [6.07, 6.45) is 1.68. The highest BCUT2D eigenvalue weighted by molar-refractivity contribution is 5.82. The first-order valence-electron chi connectivity index (χ1n) is 7.92. The van der Waals surface area contributed by atoms with Crippen molar-refractivity contribution in [1.82, 2.24) is 20.6 Å². The quantitative estimate of drug-likeness (QED) is 0.889. The molecule has 1 amide bonds. The number of aromatic nitrogens is 2. The van der Waals surface area contributed by atoms with Crippen LogP contribution in [0.15, 0.2) is 36.8 Å². The highest BCUT2D eigenvalue weighted by atomic mass is 19.4. The van der Waals surface area contributed by atoms with Crippen molar-refractivity contribution in [3.8, 4) is 11.1 Å². The molecule has 1 aliphatic rings. The lowest BCUT2D eigenvalue weighted by molar-refractivity contribution is -0.141. The summed E-state index contributed by atoms with van der Waals surface area (Å²) in [6, 6.07) is 3.92. The molecule has 1 fully saturated rings. The Morgan fingerprint density at radius 3 is 2.72 bits per heavy atom. The van der Waals surface area contributed by atoms with Gasteiger partial charge >= 0.3 is 6.18 Å². The van der Waals surface area contributed by atoms with Gasteiger partial charge in [-0.3, -0.25) is 14.8 Å². The molecule has 0 radical (unpaired) electrons. The molecule has 0 aliphatic carbocycles. The molecule has 25 heavy (non-hydrogen) atoms. The molecule has 0 saturated carbocycles. The molecule has 3 rings (SSSR count). The first kappa shape index (κ1) is 17.3. The van der Waals surface area contributed by atoms with Gasteiger partial charge in [-0.05, 0) is 37.1 Å². The molecule has 1 unspecified atom stereocenters. The van der Waals surface area contributed by atoms with E-state index < -0.39 is 11.9 Å². The van der Waals surface area contributed by atoms with Crippen LogP contribution in [0.1, 0.15) is 24.1 Å². The Bertz CT molecular complexity index is 740. The topological polar surface area (TPSA) is 66.9 Å². The Balaban J connectivity index is 1.67. The number of carbonyl (C=O) groups excluding carboxylic acids is 1. The van der Waals surface area contributed by atoms with Crippen LogP contribution in [0.3, 0.4) is 0 Å². The van der Waals surface area contributed by atoms with Crippen LogP contribution in [-0.4, -0.2) is 28.5 Å². The van der Waals surface area contributed by atoms with Gasteiger partial charge in [-0.2, -0.15) is 13.2 Å². The van der Waals surface area contributed by atoms with Gasteiger partial charge in [0.15, 0.2) is 0 Å². The van der Waals surface area contributed by atoms with Crippen LogP contribution < -0.4 is 10.6 Å². The molecular formula is C17H17F3N4O. The second-order valence-corrected chi connectivity index (χ2v) is 5.88. The average Bonchev–Trinajstić information content (AvgIpc) is 3.14. The zero-order valence-electron chi connectivity index (χ0n) is 13.3. The summed E-state index contributed by atoms with van der Waals surface area (Å²) in [5, 5.41) is 5.96. The average molecular weight is 350 g/mol. The van der Waals surface area contributed by atoms with E-state index in [4.69, 9.17) is 0 Å². The number of amides is 1. The van der Waals surface area contributed by atoms with E-state index in [0.717, 1.165) is 31.0 Å². The van der Waals surface area contributed by atoms with Crippen LogP contribution in [0.4, 0.5) is 13.2 Å². The van der Waals surface area contributed by atoms with Crippen molar-refractivity contribution < 1.29 is 18.0 Å². The summed E-state index contributed by atoms with van der Waals surface area (Å²) < 4.78 is 37.7. The zero-order valence-corrected chi connectivity index (χ0v) is 13.3. The summed E-state index contributed by atoms with van der Waals surface area (Å²) in [5.41, 5.74) is 1.01. The minimum Gasteiger partial charge on any atom is -0.351 e. The Morgan fingerprint density at radius 2 is 2.08 bits per heavy atom.